The standard InChI is InChI=1S/C13H19BFNO3/c1-9-6-16(7-10(2)19-9)8-11-3-4-12(14(17)18)5-13(11)15/h3-5,9-10,17-18H,6-8H2,1-2H3. The van der Waals surface area contributed by atoms with E-state index < -0.39 is 12.9 Å². The lowest BCUT2D eigenvalue weighted by molar-refractivity contribution is -0.0707. The van der Waals surface area contributed by atoms with Gasteiger partial charge in [0.1, 0.15) is 5.82 Å². The lowest BCUT2D eigenvalue weighted by Gasteiger charge is -2.35. The van der Waals surface area contributed by atoms with Gasteiger partial charge in [-0.15, -0.1) is 0 Å². The highest BCUT2D eigenvalue weighted by Gasteiger charge is 2.23. The number of halogens is 1. The second kappa shape index (κ2) is 6.01. The maximum Gasteiger partial charge on any atom is 0.488 e. The molecule has 4 nitrogen and oxygen atoms in total. The van der Waals surface area contributed by atoms with E-state index in [0.717, 1.165) is 13.1 Å². The van der Waals surface area contributed by atoms with Crippen molar-refractivity contribution in [3.8, 4) is 0 Å². The summed E-state index contributed by atoms with van der Waals surface area (Å²) in [5.74, 6) is -0.405. The Bertz CT molecular complexity index is 434. The van der Waals surface area contributed by atoms with Crippen molar-refractivity contribution in [3.05, 3.63) is 29.6 Å². The number of rotatable bonds is 3. The first-order valence-corrected chi connectivity index (χ1v) is 6.48. The maximum absolute atomic E-state index is 13.9. The largest absolute Gasteiger partial charge is 0.488 e. The molecule has 0 radical (unpaired) electrons. The highest BCUT2D eigenvalue weighted by molar-refractivity contribution is 6.58. The third-order valence-electron chi connectivity index (χ3n) is 3.26. The predicted molar refractivity (Wildman–Crippen MR) is 71.5 cm³/mol. The predicted octanol–water partition coefficient (Wildman–Crippen LogP) is 0.115. The molecule has 2 atom stereocenters. The van der Waals surface area contributed by atoms with E-state index in [1.54, 1.807) is 6.07 Å². The molecule has 0 bridgehead atoms. The Hall–Kier alpha value is -0.945. The van der Waals surface area contributed by atoms with Crippen molar-refractivity contribution in [2.75, 3.05) is 13.1 Å². The number of hydrogen-bond donors (Lipinski definition) is 2. The van der Waals surface area contributed by atoms with Gasteiger partial charge in [0.15, 0.2) is 0 Å². The summed E-state index contributed by atoms with van der Waals surface area (Å²) >= 11 is 0. The first kappa shape index (κ1) is 14.5. The first-order valence-electron chi connectivity index (χ1n) is 6.48. The average molecular weight is 267 g/mol. The van der Waals surface area contributed by atoms with Gasteiger partial charge in [-0.1, -0.05) is 12.1 Å². The van der Waals surface area contributed by atoms with E-state index in [4.69, 9.17) is 14.8 Å². The molecule has 104 valence electrons. The van der Waals surface area contributed by atoms with Gasteiger partial charge in [0.05, 0.1) is 12.2 Å². The molecule has 6 heteroatoms. The first-order chi connectivity index (χ1) is 8.95. The molecule has 1 aromatic carbocycles. The normalized spacial score (nSPS) is 24.5. The molecule has 1 aliphatic rings. The van der Waals surface area contributed by atoms with Gasteiger partial charge in [0, 0.05) is 25.2 Å². The quantitative estimate of drug-likeness (QED) is 0.763. The summed E-state index contributed by atoms with van der Waals surface area (Å²) in [7, 11) is -1.63. The summed E-state index contributed by atoms with van der Waals surface area (Å²) in [6.45, 7) is 6.06. The minimum Gasteiger partial charge on any atom is -0.423 e. The zero-order valence-electron chi connectivity index (χ0n) is 11.2. The van der Waals surface area contributed by atoms with Gasteiger partial charge in [0.2, 0.25) is 0 Å². The smallest absolute Gasteiger partial charge is 0.423 e. The molecule has 19 heavy (non-hydrogen) atoms. The van der Waals surface area contributed by atoms with Gasteiger partial charge in [-0.25, -0.2) is 4.39 Å². The Morgan fingerprint density at radius 3 is 2.47 bits per heavy atom. The average Bonchev–Trinajstić information content (AvgIpc) is 2.30. The lowest BCUT2D eigenvalue weighted by Crippen LogP contribution is -2.45. The van der Waals surface area contributed by atoms with Crippen molar-refractivity contribution in [1.82, 2.24) is 4.90 Å². The van der Waals surface area contributed by atoms with E-state index in [9.17, 15) is 4.39 Å². The summed E-state index contributed by atoms with van der Waals surface area (Å²) in [4.78, 5) is 2.15. The molecule has 2 rings (SSSR count). The van der Waals surface area contributed by atoms with Crippen LogP contribution in [-0.2, 0) is 11.3 Å². The molecule has 1 heterocycles. The van der Waals surface area contributed by atoms with Gasteiger partial charge in [0.25, 0.3) is 0 Å². The SMILES string of the molecule is CC1CN(Cc2ccc(B(O)O)cc2F)CC(C)O1. The highest BCUT2D eigenvalue weighted by atomic mass is 19.1. The molecule has 1 fully saturated rings. The number of hydrogen-bond acceptors (Lipinski definition) is 4. The van der Waals surface area contributed by atoms with E-state index in [0.29, 0.717) is 12.1 Å². The molecule has 0 spiro atoms. The Morgan fingerprint density at radius 2 is 1.95 bits per heavy atom. The number of benzene rings is 1. The lowest BCUT2D eigenvalue weighted by atomic mass is 9.80. The van der Waals surface area contributed by atoms with Crippen LogP contribution in [0.15, 0.2) is 18.2 Å². The van der Waals surface area contributed by atoms with Crippen LogP contribution in [0.3, 0.4) is 0 Å². The molecular formula is C13H19BFNO3. The van der Waals surface area contributed by atoms with Crippen molar-refractivity contribution in [2.45, 2.75) is 32.6 Å². The molecule has 1 aromatic rings. The summed E-state index contributed by atoms with van der Waals surface area (Å²) < 4.78 is 19.5. The van der Waals surface area contributed by atoms with Crippen molar-refractivity contribution in [1.29, 1.82) is 0 Å². The van der Waals surface area contributed by atoms with Crippen LogP contribution in [0.2, 0.25) is 0 Å². The van der Waals surface area contributed by atoms with Crippen molar-refractivity contribution < 1.29 is 19.2 Å². The van der Waals surface area contributed by atoms with Crippen LogP contribution < -0.4 is 5.46 Å². The van der Waals surface area contributed by atoms with Crippen LogP contribution in [0.5, 0.6) is 0 Å². The minimum atomic E-state index is -1.63. The number of ether oxygens (including phenoxy) is 1. The monoisotopic (exact) mass is 267 g/mol. The summed E-state index contributed by atoms with van der Waals surface area (Å²) in [6.07, 6.45) is 0.288. The minimum absolute atomic E-state index is 0.144. The molecule has 2 unspecified atom stereocenters. The van der Waals surface area contributed by atoms with E-state index in [-0.39, 0.29) is 17.7 Å². The molecule has 0 saturated carbocycles. The van der Waals surface area contributed by atoms with Crippen LogP contribution >= 0.6 is 0 Å². The third-order valence-corrected chi connectivity index (χ3v) is 3.26. The van der Waals surface area contributed by atoms with Gasteiger partial charge in [-0.05, 0) is 25.4 Å². The Kier molecular flexibility index (Phi) is 4.57. The number of morpholine rings is 1. The highest BCUT2D eigenvalue weighted by Crippen LogP contribution is 2.15. The van der Waals surface area contributed by atoms with Crippen LogP contribution in [0.1, 0.15) is 19.4 Å². The van der Waals surface area contributed by atoms with Crippen LogP contribution in [0, 0.1) is 5.82 Å². The van der Waals surface area contributed by atoms with E-state index in [1.165, 1.54) is 12.1 Å². The Labute approximate surface area is 113 Å². The topological polar surface area (TPSA) is 52.9 Å². The van der Waals surface area contributed by atoms with Crippen LogP contribution in [-0.4, -0.2) is 47.4 Å². The van der Waals surface area contributed by atoms with Crippen molar-refractivity contribution in [2.24, 2.45) is 0 Å². The fourth-order valence-electron chi connectivity index (χ4n) is 2.51. The summed E-state index contributed by atoms with van der Waals surface area (Å²) in [5, 5.41) is 18.0. The van der Waals surface area contributed by atoms with Crippen molar-refractivity contribution in [3.63, 3.8) is 0 Å². The van der Waals surface area contributed by atoms with Gasteiger partial charge < -0.3 is 14.8 Å². The Morgan fingerprint density at radius 1 is 1.32 bits per heavy atom. The summed E-state index contributed by atoms with van der Waals surface area (Å²) in [5.41, 5.74) is 0.732. The Balaban J connectivity index is 2.06. The maximum atomic E-state index is 13.9. The van der Waals surface area contributed by atoms with Crippen LogP contribution in [0.4, 0.5) is 4.39 Å². The fraction of sp³-hybridized carbons (Fsp3) is 0.538. The zero-order valence-corrected chi connectivity index (χ0v) is 11.2. The molecular weight excluding hydrogens is 248 g/mol. The molecule has 0 aliphatic carbocycles. The molecule has 0 amide bonds. The van der Waals surface area contributed by atoms with E-state index >= 15 is 0 Å². The van der Waals surface area contributed by atoms with E-state index in [1.807, 2.05) is 13.8 Å². The van der Waals surface area contributed by atoms with E-state index in [2.05, 4.69) is 4.90 Å². The fourth-order valence-corrected chi connectivity index (χ4v) is 2.51. The second-order valence-electron chi connectivity index (χ2n) is 5.18. The summed E-state index contributed by atoms with van der Waals surface area (Å²) in [6, 6.07) is 4.32. The third kappa shape index (κ3) is 3.76. The zero-order chi connectivity index (χ0) is 14.0. The molecule has 1 saturated heterocycles. The molecule has 0 aromatic heterocycles. The van der Waals surface area contributed by atoms with Gasteiger partial charge >= 0.3 is 7.12 Å². The van der Waals surface area contributed by atoms with Gasteiger partial charge in [-0.2, -0.15) is 0 Å². The number of nitrogens with zero attached hydrogens (tertiary/aromatic N) is 1. The van der Waals surface area contributed by atoms with Gasteiger partial charge in [-0.3, -0.25) is 4.90 Å². The molecule has 1 aliphatic heterocycles. The van der Waals surface area contributed by atoms with Crippen LogP contribution in [0.25, 0.3) is 0 Å². The second-order valence-corrected chi connectivity index (χ2v) is 5.18. The molecule has 2 N–H and O–H groups in total. The van der Waals surface area contributed by atoms with Crippen molar-refractivity contribution >= 4 is 12.6 Å².